The van der Waals surface area contributed by atoms with Crippen LogP contribution in [0.5, 0.6) is 0 Å². The van der Waals surface area contributed by atoms with Gasteiger partial charge in [-0.2, -0.15) is 4.49 Å². The normalized spacial score (nSPS) is 11.9. The summed E-state index contributed by atoms with van der Waals surface area (Å²) in [4.78, 5) is 0. The van der Waals surface area contributed by atoms with Crippen LogP contribution < -0.4 is 4.49 Å². The summed E-state index contributed by atoms with van der Waals surface area (Å²) in [6, 6.07) is 0. The zero-order valence-electron chi connectivity index (χ0n) is 5.58. The fraction of sp³-hybridized carbons (Fsp3) is 1.00. The Labute approximate surface area is 64.9 Å². The maximum atomic E-state index is 4.94. The van der Waals surface area contributed by atoms with Crippen LogP contribution in [-0.2, 0) is 20.9 Å². The Hall–Kier alpha value is 0.880. The van der Waals surface area contributed by atoms with Crippen molar-refractivity contribution in [3.05, 3.63) is 0 Å². The molecule has 0 unspecified atom stereocenters. The predicted molar refractivity (Wildman–Crippen MR) is 45.0 cm³/mol. The maximum Gasteiger partial charge on any atom is 0.270 e. The van der Waals surface area contributed by atoms with Crippen molar-refractivity contribution in [3.8, 4) is 0 Å². The molecular weight excluding hydrogens is 177 g/mol. The molecule has 0 atom stereocenters. The second-order valence-electron chi connectivity index (χ2n) is 1.16. The summed E-state index contributed by atoms with van der Waals surface area (Å²) in [6.07, 6.45) is 1.87. The Morgan fingerprint density at radius 3 is 2.00 bits per heavy atom. The number of hydrogen-bond donors (Lipinski definition) is 1. The van der Waals surface area contributed by atoms with Gasteiger partial charge in [0.15, 0.2) is 0 Å². The van der Waals surface area contributed by atoms with Crippen molar-refractivity contribution in [1.29, 1.82) is 0 Å². The predicted octanol–water partition coefficient (Wildman–Crippen LogP) is 1.37. The molecule has 0 amide bonds. The topological polar surface area (TPSA) is 30.5 Å². The van der Waals surface area contributed by atoms with Gasteiger partial charge in [0.2, 0.25) is 0 Å². The SMILES string of the molecule is COP(=S)(NSC)OC. The molecule has 0 aliphatic rings. The van der Waals surface area contributed by atoms with Crippen LogP contribution in [0.15, 0.2) is 0 Å². The molecule has 56 valence electrons. The molecule has 3 nitrogen and oxygen atoms in total. The summed E-state index contributed by atoms with van der Waals surface area (Å²) in [5, 5.41) is 0. The van der Waals surface area contributed by atoms with Gasteiger partial charge in [0.25, 0.3) is 6.64 Å². The van der Waals surface area contributed by atoms with Crippen LogP contribution in [0, 0.1) is 0 Å². The van der Waals surface area contributed by atoms with Crippen molar-refractivity contribution in [2.75, 3.05) is 20.5 Å². The maximum absolute atomic E-state index is 4.94. The number of hydrogen-bond acceptors (Lipinski definition) is 4. The van der Waals surface area contributed by atoms with Gasteiger partial charge in [0, 0.05) is 14.2 Å². The molecule has 9 heavy (non-hydrogen) atoms. The molecule has 0 saturated carbocycles. The minimum absolute atomic E-state index is 1.40. The van der Waals surface area contributed by atoms with E-state index < -0.39 is 6.64 Å². The van der Waals surface area contributed by atoms with Crippen molar-refractivity contribution < 1.29 is 9.05 Å². The average Bonchev–Trinajstić information content (AvgIpc) is 1.89. The zero-order valence-corrected chi connectivity index (χ0v) is 8.11. The van der Waals surface area contributed by atoms with Gasteiger partial charge in [0.05, 0.1) is 0 Å². The number of nitrogens with one attached hydrogen (secondary N) is 1. The molecule has 0 aromatic rings. The van der Waals surface area contributed by atoms with E-state index in [1.807, 2.05) is 6.26 Å². The monoisotopic (exact) mass is 187 g/mol. The van der Waals surface area contributed by atoms with E-state index in [4.69, 9.17) is 20.9 Å². The fourth-order valence-electron chi connectivity index (χ4n) is 0.261. The summed E-state index contributed by atoms with van der Waals surface area (Å²) < 4.78 is 12.7. The lowest BCUT2D eigenvalue weighted by Crippen LogP contribution is -2.02. The Bertz CT molecular complexity index is 112. The van der Waals surface area contributed by atoms with E-state index in [9.17, 15) is 0 Å². The van der Waals surface area contributed by atoms with Crippen LogP contribution in [0.1, 0.15) is 0 Å². The van der Waals surface area contributed by atoms with E-state index in [2.05, 4.69) is 4.49 Å². The quantitative estimate of drug-likeness (QED) is 0.530. The highest BCUT2D eigenvalue weighted by atomic mass is 32.5. The third-order valence-electron chi connectivity index (χ3n) is 0.684. The molecule has 0 fully saturated rings. The first-order chi connectivity index (χ1) is 4.18. The smallest absolute Gasteiger partial charge is 0.270 e. The highest BCUT2D eigenvalue weighted by Crippen LogP contribution is 2.43. The highest BCUT2D eigenvalue weighted by molar-refractivity contribution is 8.15. The van der Waals surface area contributed by atoms with Crippen LogP contribution in [-0.4, -0.2) is 20.5 Å². The van der Waals surface area contributed by atoms with E-state index in [-0.39, 0.29) is 0 Å². The Balaban J connectivity index is 3.78. The second kappa shape index (κ2) is 4.66. The van der Waals surface area contributed by atoms with Gasteiger partial charge >= 0.3 is 0 Å². The summed E-state index contributed by atoms with van der Waals surface area (Å²) >= 11 is 6.34. The molecule has 0 saturated heterocycles. The van der Waals surface area contributed by atoms with Crippen LogP contribution in [0.4, 0.5) is 0 Å². The summed E-state index contributed by atoms with van der Waals surface area (Å²) in [7, 11) is 3.07. The molecule has 1 N–H and O–H groups in total. The minimum atomic E-state index is -2.13. The van der Waals surface area contributed by atoms with Crippen molar-refractivity contribution >= 4 is 30.4 Å². The summed E-state index contributed by atoms with van der Waals surface area (Å²) in [5.41, 5.74) is 0. The standard InChI is InChI=1S/C3H10NO2PS2/c1-5-7(8,6-2)4-9-3/h1-3H3,(H,4,8). The number of rotatable bonds is 4. The minimum Gasteiger partial charge on any atom is -0.321 e. The van der Waals surface area contributed by atoms with Gasteiger partial charge in [-0.25, -0.2) is 0 Å². The van der Waals surface area contributed by atoms with E-state index >= 15 is 0 Å². The van der Waals surface area contributed by atoms with Crippen molar-refractivity contribution in [2.45, 2.75) is 0 Å². The average molecular weight is 187 g/mol. The summed E-state index contributed by atoms with van der Waals surface area (Å²) in [6.45, 7) is -2.13. The van der Waals surface area contributed by atoms with E-state index in [0.29, 0.717) is 0 Å². The molecule has 0 radical (unpaired) electrons. The van der Waals surface area contributed by atoms with Gasteiger partial charge in [-0.3, -0.25) is 0 Å². The third-order valence-corrected chi connectivity index (χ3v) is 4.84. The molecule has 6 heteroatoms. The molecule has 0 aliphatic heterocycles. The van der Waals surface area contributed by atoms with E-state index in [0.717, 1.165) is 0 Å². The second-order valence-corrected chi connectivity index (χ2v) is 5.46. The first kappa shape index (κ1) is 9.88. The fourth-order valence-corrected chi connectivity index (χ4v) is 2.57. The Morgan fingerprint density at radius 2 is 1.89 bits per heavy atom. The van der Waals surface area contributed by atoms with E-state index in [1.54, 1.807) is 0 Å². The first-order valence-corrected chi connectivity index (χ1v) is 6.06. The van der Waals surface area contributed by atoms with Crippen LogP contribution in [0.2, 0.25) is 0 Å². The molecule has 0 bridgehead atoms. The first-order valence-electron chi connectivity index (χ1n) is 2.20. The molecule has 0 aromatic carbocycles. The lowest BCUT2D eigenvalue weighted by atomic mass is 11.8. The van der Waals surface area contributed by atoms with E-state index in [1.165, 1.54) is 26.2 Å². The van der Waals surface area contributed by atoms with Crippen LogP contribution in [0.25, 0.3) is 0 Å². The van der Waals surface area contributed by atoms with Gasteiger partial charge in [-0.1, -0.05) is 11.9 Å². The summed E-state index contributed by atoms with van der Waals surface area (Å²) in [5.74, 6) is 0. The van der Waals surface area contributed by atoms with Gasteiger partial charge < -0.3 is 9.05 Å². The molecule has 0 aliphatic carbocycles. The highest BCUT2D eigenvalue weighted by Gasteiger charge is 2.12. The van der Waals surface area contributed by atoms with Gasteiger partial charge in [0.1, 0.15) is 0 Å². The lowest BCUT2D eigenvalue weighted by molar-refractivity contribution is 0.335. The van der Waals surface area contributed by atoms with Crippen LogP contribution in [0.3, 0.4) is 0 Å². The lowest BCUT2D eigenvalue weighted by Gasteiger charge is -2.15. The largest absolute Gasteiger partial charge is 0.321 e. The zero-order chi connectivity index (χ0) is 7.33. The third kappa shape index (κ3) is 3.55. The van der Waals surface area contributed by atoms with Gasteiger partial charge in [-0.15, -0.1) is 0 Å². The van der Waals surface area contributed by atoms with Crippen molar-refractivity contribution in [2.24, 2.45) is 0 Å². The molecule has 0 heterocycles. The van der Waals surface area contributed by atoms with Gasteiger partial charge in [-0.05, 0) is 18.1 Å². The van der Waals surface area contributed by atoms with Crippen LogP contribution >= 0.6 is 18.6 Å². The molecule has 0 aromatic heterocycles. The Morgan fingerprint density at radius 1 is 1.44 bits per heavy atom. The molecule has 0 spiro atoms. The molecule has 0 rings (SSSR count). The van der Waals surface area contributed by atoms with Crippen molar-refractivity contribution in [1.82, 2.24) is 4.49 Å². The Kier molecular flexibility index (Phi) is 5.11. The van der Waals surface area contributed by atoms with Crippen molar-refractivity contribution in [3.63, 3.8) is 0 Å². The molecular formula is C3H10NO2PS2.